The van der Waals surface area contributed by atoms with Gasteiger partial charge in [0.15, 0.2) is 11.5 Å². The van der Waals surface area contributed by atoms with Crippen LogP contribution in [-0.2, 0) is 6.54 Å². The van der Waals surface area contributed by atoms with Gasteiger partial charge in [-0.3, -0.25) is 9.69 Å². The van der Waals surface area contributed by atoms with Crippen LogP contribution in [0.25, 0.3) is 0 Å². The predicted octanol–water partition coefficient (Wildman–Crippen LogP) is 3.57. The maximum Gasteiger partial charge on any atom is 0.573 e. The zero-order valence-electron chi connectivity index (χ0n) is 18.1. The summed E-state index contributed by atoms with van der Waals surface area (Å²) in [5, 5.41) is 0. The van der Waals surface area contributed by atoms with E-state index in [0.29, 0.717) is 55.5 Å². The van der Waals surface area contributed by atoms with Gasteiger partial charge < -0.3 is 23.8 Å². The van der Waals surface area contributed by atoms with Crippen molar-refractivity contribution in [3.63, 3.8) is 0 Å². The molecule has 1 saturated heterocycles. The number of methoxy groups -OCH3 is 3. The molecular formula is C22H25F3N2O5. The molecule has 1 aliphatic rings. The van der Waals surface area contributed by atoms with Crippen LogP contribution < -0.4 is 18.9 Å². The molecule has 0 N–H and O–H groups in total. The molecule has 0 saturated carbocycles. The lowest BCUT2D eigenvalue weighted by atomic mass is 10.1. The first-order valence-corrected chi connectivity index (χ1v) is 9.90. The van der Waals surface area contributed by atoms with Gasteiger partial charge in [0, 0.05) is 44.9 Å². The molecule has 0 unspecified atom stereocenters. The van der Waals surface area contributed by atoms with Crippen molar-refractivity contribution < 1.29 is 36.9 Å². The van der Waals surface area contributed by atoms with Gasteiger partial charge in [-0.2, -0.15) is 0 Å². The molecule has 2 aromatic rings. The monoisotopic (exact) mass is 454 g/mol. The third-order valence-electron chi connectivity index (χ3n) is 5.16. The highest BCUT2D eigenvalue weighted by molar-refractivity contribution is 5.98. The zero-order chi connectivity index (χ0) is 23.3. The number of amides is 1. The lowest BCUT2D eigenvalue weighted by molar-refractivity contribution is -0.274. The Balaban J connectivity index is 1.60. The molecule has 32 heavy (non-hydrogen) atoms. The number of benzene rings is 2. The normalized spacial score (nSPS) is 14.8. The highest BCUT2D eigenvalue weighted by Gasteiger charge is 2.31. The summed E-state index contributed by atoms with van der Waals surface area (Å²) in [5.74, 6) is 0.887. The molecular weight excluding hydrogens is 429 g/mol. The first kappa shape index (κ1) is 23.5. The van der Waals surface area contributed by atoms with E-state index in [1.165, 1.54) is 33.5 Å². The van der Waals surface area contributed by atoms with Gasteiger partial charge in [-0.25, -0.2) is 0 Å². The van der Waals surface area contributed by atoms with E-state index in [0.717, 1.165) is 5.56 Å². The van der Waals surface area contributed by atoms with Gasteiger partial charge in [-0.05, 0) is 17.7 Å². The molecule has 0 atom stereocenters. The van der Waals surface area contributed by atoms with E-state index in [4.69, 9.17) is 14.2 Å². The lowest BCUT2D eigenvalue weighted by Gasteiger charge is -2.35. The molecule has 1 heterocycles. The summed E-state index contributed by atoms with van der Waals surface area (Å²) in [4.78, 5) is 17.0. The molecule has 0 bridgehead atoms. The topological polar surface area (TPSA) is 60.5 Å². The molecule has 174 valence electrons. The van der Waals surface area contributed by atoms with Crippen LogP contribution in [0.1, 0.15) is 15.9 Å². The van der Waals surface area contributed by atoms with Gasteiger partial charge in [0.25, 0.3) is 5.91 Å². The molecule has 1 fully saturated rings. The number of carbonyl (C=O) groups excluding carboxylic acids is 1. The number of nitrogens with zero attached hydrogens (tertiary/aromatic N) is 2. The van der Waals surface area contributed by atoms with Crippen LogP contribution >= 0.6 is 0 Å². The van der Waals surface area contributed by atoms with Crippen LogP contribution in [0, 0.1) is 0 Å². The zero-order valence-corrected chi connectivity index (χ0v) is 18.1. The Labute approximate surface area is 184 Å². The maximum atomic E-state index is 13.1. The van der Waals surface area contributed by atoms with Crippen LogP contribution in [0.15, 0.2) is 36.4 Å². The predicted molar refractivity (Wildman–Crippen MR) is 110 cm³/mol. The van der Waals surface area contributed by atoms with E-state index in [2.05, 4.69) is 9.64 Å². The molecule has 7 nitrogen and oxygen atoms in total. The number of hydrogen-bond donors (Lipinski definition) is 0. The minimum Gasteiger partial charge on any atom is -0.496 e. The van der Waals surface area contributed by atoms with Gasteiger partial charge in [0.1, 0.15) is 11.5 Å². The first-order valence-electron chi connectivity index (χ1n) is 9.90. The van der Waals surface area contributed by atoms with E-state index in [1.54, 1.807) is 29.2 Å². The summed E-state index contributed by atoms with van der Waals surface area (Å²) >= 11 is 0. The second-order valence-corrected chi connectivity index (χ2v) is 7.17. The number of halogens is 3. The van der Waals surface area contributed by atoms with E-state index in [-0.39, 0.29) is 11.7 Å². The van der Waals surface area contributed by atoms with Gasteiger partial charge in [-0.15, -0.1) is 13.2 Å². The smallest absolute Gasteiger partial charge is 0.496 e. The summed E-state index contributed by atoms with van der Waals surface area (Å²) in [6.07, 6.45) is -4.71. The Kier molecular flexibility index (Phi) is 7.34. The van der Waals surface area contributed by atoms with Crippen LogP contribution in [0.4, 0.5) is 13.2 Å². The third kappa shape index (κ3) is 5.76. The van der Waals surface area contributed by atoms with Crippen LogP contribution in [0.2, 0.25) is 0 Å². The highest BCUT2D eigenvalue weighted by atomic mass is 19.4. The van der Waals surface area contributed by atoms with Crippen molar-refractivity contribution in [2.24, 2.45) is 0 Å². The molecule has 0 radical (unpaired) electrons. The van der Waals surface area contributed by atoms with E-state index >= 15 is 0 Å². The fraction of sp³-hybridized carbons (Fsp3) is 0.409. The number of carbonyl (C=O) groups is 1. The molecule has 1 aliphatic heterocycles. The van der Waals surface area contributed by atoms with Crippen molar-refractivity contribution in [2.45, 2.75) is 12.9 Å². The summed E-state index contributed by atoms with van der Waals surface area (Å²) in [7, 11) is 4.50. The number of piperazine rings is 1. The average molecular weight is 454 g/mol. The number of hydrogen-bond acceptors (Lipinski definition) is 6. The van der Waals surface area contributed by atoms with Crippen molar-refractivity contribution >= 4 is 5.91 Å². The quantitative estimate of drug-likeness (QED) is 0.638. The third-order valence-corrected chi connectivity index (χ3v) is 5.16. The largest absolute Gasteiger partial charge is 0.573 e. The van der Waals surface area contributed by atoms with Crippen molar-refractivity contribution in [2.75, 3.05) is 47.5 Å². The lowest BCUT2D eigenvalue weighted by Crippen LogP contribution is -2.48. The Morgan fingerprint density at radius 3 is 1.97 bits per heavy atom. The van der Waals surface area contributed by atoms with Crippen molar-refractivity contribution in [1.29, 1.82) is 0 Å². The molecule has 1 amide bonds. The Morgan fingerprint density at radius 2 is 1.44 bits per heavy atom. The molecule has 3 rings (SSSR count). The summed E-state index contributed by atoms with van der Waals surface area (Å²) < 4.78 is 56.7. The summed E-state index contributed by atoms with van der Waals surface area (Å²) in [6, 6.07) is 9.03. The number of ether oxygens (including phenoxy) is 4. The minimum absolute atomic E-state index is 0.170. The second-order valence-electron chi connectivity index (χ2n) is 7.17. The molecule has 0 aromatic heterocycles. The van der Waals surface area contributed by atoms with Crippen molar-refractivity contribution in [3.05, 3.63) is 47.5 Å². The fourth-order valence-corrected chi connectivity index (χ4v) is 3.53. The molecule has 2 aromatic carbocycles. The standard InChI is InChI=1S/C22H25F3N2O5/c1-29-18-13-20(31-3)19(30-2)12-17(18)21(28)27-10-8-26(9-11-27)14-15-4-6-16(7-5-15)32-22(23,24)25/h4-7,12-13H,8-11,14H2,1-3H3. The fourth-order valence-electron chi connectivity index (χ4n) is 3.53. The SMILES string of the molecule is COc1cc(OC)c(C(=O)N2CCN(Cc3ccc(OC(F)(F)F)cc3)CC2)cc1OC. The summed E-state index contributed by atoms with van der Waals surface area (Å²) in [5.41, 5.74) is 1.25. The van der Waals surface area contributed by atoms with Crippen molar-refractivity contribution in [3.8, 4) is 23.0 Å². The van der Waals surface area contributed by atoms with E-state index in [1.807, 2.05) is 0 Å². The Morgan fingerprint density at radius 1 is 0.875 bits per heavy atom. The van der Waals surface area contributed by atoms with Crippen LogP contribution in [0.3, 0.4) is 0 Å². The number of rotatable bonds is 7. The van der Waals surface area contributed by atoms with E-state index < -0.39 is 6.36 Å². The molecule has 0 aliphatic carbocycles. The highest BCUT2D eigenvalue weighted by Crippen LogP contribution is 2.35. The van der Waals surface area contributed by atoms with Gasteiger partial charge >= 0.3 is 6.36 Å². The molecule has 0 spiro atoms. The molecule has 10 heteroatoms. The van der Waals surface area contributed by atoms with Crippen molar-refractivity contribution in [1.82, 2.24) is 9.80 Å². The minimum atomic E-state index is -4.71. The number of alkyl halides is 3. The average Bonchev–Trinajstić information content (AvgIpc) is 2.78. The first-order chi connectivity index (χ1) is 15.2. The van der Waals surface area contributed by atoms with Gasteiger partial charge in [-0.1, -0.05) is 12.1 Å². The van der Waals surface area contributed by atoms with Crippen LogP contribution in [0.5, 0.6) is 23.0 Å². The second kappa shape index (κ2) is 9.99. The van der Waals surface area contributed by atoms with Gasteiger partial charge in [0.2, 0.25) is 0 Å². The van der Waals surface area contributed by atoms with Crippen LogP contribution in [-0.4, -0.2) is 69.6 Å². The van der Waals surface area contributed by atoms with E-state index in [9.17, 15) is 18.0 Å². The Hall–Kier alpha value is -3.14. The maximum absolute atomic E-state index is 13.1. The van der Waals surface area contributed by atoms with Gasteiger partial charge in [0.05, 0.1) is 26.9 Å². The Bertz CT molecular complexity index is 926. The summed E-state index contributed by atoms with van der Waals surface area (Å²) in [6.45, 7) is 2.83.